The molecule has 4 heteroatoms. The van der Waals surface area contributed by atoms with Crippen molar-refractivity contribution in [2.45, 2.75) is 0 Å². The molecule has 0 atom stereocenters. The second kappa shape index (κ2) is 7.94. The standard InChI is InChI=1S/C24H20IO2P/c25-28(23-17-9-3-10-18-23,24-19-11-4-12-20-24,26-21-13-5-1-6-14-21)27-22-15-7-2-8-16-22/h1-20H. The first-order valence-electron chi connectivity index (χ1n) is 9.03. The van der Waals surface area contributed by atoms with Crippen molar-refractivity contribution in [2.24, 2.45) is 0 Å². The van der Waals surface area contributed by atoms with E-state index in [1.165, 1.54) is 0 Å². The van der Waals surface area contributed by atoms with Gasteiger partial charge in [0.05, 0.1) is 0 Å². The summed E-state index contributed by atoms with van der Waals surface area (Å²) in [5.74, 6) is 1.55. The summed E-state index contributed by atoms with van der Waals surface area (Å²) in [4.78, 5) is 0. The SMILES string of the molecule is IP(Oc1ccccc1)(Oc1ccccc1)(c1ccccc1)c1ccccc1. The third-order valence-electron chi connectivity index (χ3n) is 4.41. The van der Waals surface area contributed by atoms with Crippen LogP contribution in [0.4, 0.5) is 0 Å². The summed E-state index contributed by atoms with van der Waals surface area (Å²) < 4.78 is 10.1. The number of rotatable bonds is 6. The Hall–Kier alpha value is -2.36. The fourth-order valence-electron chi connectivity index (χ4n) is 3.08. The van der Waals surface area contributed by atoms with Crippen LogP contribution in [0, 0.1) is 0 Å². The molecule has 0 amide bonds. The Morgan fingerprint density at radius 1 is 0.429 bits per heavy atom. The molecule has 4 aromatic rings. The van der Waals surface area contributed by atoms with Gasteiger partial charge in [-0.05, 0) is 0 Å². The second-order valence-corrected chi connectivity index (χ2v) is 14.7. The molecule has 2 nitrogen and oxygen atoms in total. The topological polar surface area (TPSA) is 18.5 Å². The van der Waals surface area contributed by atoms with Gasteiger partial charge in [-0.3, -0.25) is 0 Å². The first kappa shape index (κ1) is 19.0. The van der Waals surface area contributed by atoms with Crippen molar-refractivity contribution in [3.05, 3.63) is 121 Å². The molecule has 0 heterocycles. The molecule has 4 rings (SSSR count). The Kier molecular flexibility index (Phi) is 5.38. The molecule has 0 bridgehead atoms. The van der Waals surface area contributed by atoms with Crippen LogP contribution in [0.2, 0.25) is 0 Å². The molecule has 140 valence electrons. The number of hydrogen-bond donors (Lipinski definition) is 0. The third-order valence-corrected chi connectivity index (χ3v) is 12.4. The Bertz CT molecular complexity index is 940. The first-order valence-corrected chi connectivity index (χ1v) is 13.9. The number of para-hydroxylation sites is 2. The molecule has 0 radical (unpaired) electrons. The Labute approximate surface area is 178 Å². The van der Waals surface area contributed by atoms with Crippen LogP contribution in [0.15, 0.2) is 121 Å². The van der Waals surface area contributed by atoms with E-state index < -0.39 is 4.70 Å². The summed E-state index contributed by atoms with van der Waals surface area (Å²) in [5.41, 5.74) is 0. The number of halogens is 1. The van der Waals surface area contributed by atoms with Gasteiger partial charge in [0.2, 0.25) is 0 Å². The molecule has 0 fully saturated rings. The first-order chi connectivity index (χ1) is 13.7. The second-order valence-electron chi connectivity index (χ2n) is 6.34. The van der Waals surface area contributed by atoms with Gasteiger partial charge in [-0.15, -0.1) is 0 Å². The van der Waals surface area contributed by atoms with Gasteiger partial charge in [0.25, 0.3) is 0 Å². The van der Waals surface area contributed by atoms with Crippen LogP contribution in [0.5, 0.6) is 11.5 Å². The number of benzene rings is 4. The molecule has 0 unspecified atom stereocenters. The normalized spacial score (nSPS) is 12.5. The molecule has 0 N–H and O–H groups in total. The van der Waals surface area contributed by atoms with Crippen LogP contribution in [0.1, 0.15) is 0 Å². The van der Waals surface area contributed by atoms with E-state index in [1.54, 1.807) is 0 Å². The predicted molar refractivity (Wildman–Crippen MR) is 127 cm³/mol. The number of hydrogen-bond acceptors (Lipinski definition) is 2. The summed E-state index contributed by atoms with van der Waals surface area (Å²) in [6.07, 6.45) is 0. The average molecular weight is 498 g/mol. The van der Waals surface area contributed by atoms with Crippen molar-refractivity contribution in [1.82, 2.24) is 0 Å². The van der Waals surface area contributed by atoms with Crippen molar-refractivity contribution < 1.29 is 9.05 Å². The van der Waals surface area contributed by atoms with Crippen molar-refractivity contribution in [3.63, 3.8) is 0 Å². The zero-order valence-corrected chi connectivity index (χ0v) is 18.2. The van der Waals surface area contributed by atoms with E-state index in [9.17, 15) is 0 Å². The molecular weight excluding hydrogens is 478 g/mol. The van der Waals surface area contributed by atoms with Crippen LogP contribution >= 0.6 is 26.7 Å². The fourth-order valence-corrected chi connectivity index (χ4v) is 9.48. The fraction of sp³-hybridized carbons (Fsp3) is 0. The van der Waals surface area contributed by atoms with E-state index in [0.717, 1.165) is 22.1 Å². The minimum absolute atomic E-state index is 0.776. The van der Waals surface area contributed by atoms with Gasteiger partial charge in [-0.2, -0.15) is 0 Å². The summed E-state index contributed by atoms with van der Waals surface area (Å²) >= 11 is 2.43. The van der Waals surface area contributed by atoms with Gasteiger partial charge in [0.1, 0.15) is 0 Å². The van der Waals surface area contributed by atoms with Crippen LogP contribution < -0.4 is 19.7 Å². The van der Waals surface area contributed by atoms with Gasteiger partial charge in [0.15, 0.2) is 0 Å². The van der Waals surface area contributed by atoms with Gasteiger partial charge < -0.3 is 0 Å². The predicted octanol–water partition coefficient (Wildman–Crippen LogP) is 6.53. The molecule has 0 saturated heterocycles. The van der Waals surface area contributed by atoms with Crippen molar-refractivity contribution >= 4 is 37.3 Å². The van der Waals surface area contributed by atoms with E-state index in [1.807, 2.05) is 97.1 Å². The van der Waals surface area contributed by atoms with Gasteiger partial charge in [0, 0.05) is 0 Å². The van der Waals surface area contributed by atoms with E-state index >= 15 is 0 Å². The van der Waals surface area contributed by atoms with Crippen LogP contribution in [-0.2, 0) is 0 Å². The molecule has 0 saturated carbocycles. The summed E-state index contributed by atoms with van der Waals surface area (Å²) in [6.45, 7) is 0. The summed E-state index contributed by atoms with van der Waals surface area (Å²) in [6, 6.07) is 40.3. The van der Waals surface area contributed by atoms with Gasteiger partial charge in [-0.1, -0.05) is 0 Å². The van der Waals surface area contributed by atoms with E-state index in [0.29, 0.717) is 0 Å². The quantitative estimate of drug-likeness (QED) is 0.222. The molecule has 0 aliphatic carbocycles. The van der Waals surface area contributed by atoms with Crippen LogP contribution in [-0.4, -0.2) is 0 Å². The summed E-state index contributed by atoms with van der Waals surface area (Å²) in [5, 5.41) is 2.04. The Morgan fingerprint density at radius 3 is 1.04 bits per heavy atom. The van der Waals surface area contributed by atoms with Crippen LogP contribution in [0.3, 0.4) is 0 Å². The van der Waals surface area contributed by atoms with Crippen molar-refractivity contribution in [2.75, 3.05) is 0 Å². The molecule has 0 aliphatic heterocycles. The Balaban J connectivity index is 1.99. The maximum atomic E-state index is 6.86. The van der Waals surface area contributed by atoms with Gasteiger partial charge >= 0.3 is 179 Å². The molecular formula is C24H20IO2P. The summed E-state index contributed by atoms with van der Waals surface area (Å²) in [7, 11) is 0. The molecule has 0 aliphatic rings. The maximum absolute atomic E-state index is 6.86. The molecule has 4 aromatic carbocycles. The zero-order chi connectivity index (χ0) is 19.3. The monoisotopic (exact) mass is 498 g/mol. The van der Waals surface area contributed by atoms with E-state index in [2.05, 4.69) is 46.3 Å². The third kappa shape index (κ3) is 3.65. The Morgan fingerprint density at radius 2 is 0.714 bits per heavy atom. The molecule has 0 spiro atoms. The van der Waals surface area contributed by atoms with Crippen molar-refractivity contribution in [1.29, 1.82) is 0 Å². The average Bonchev–Trinajstić information content (AvgIpc) is 2.76. The van der Waals surface area contributed by atoms with E-state index in [4.69, 9.17) is 9.05 Å². The van der Waals surface area contributed by atoms with Crippen molar-refractivity contribution in [3.8, 4) is 11.5 Å². The van der Waals surface area contributed by atoms with Gasteiger partial charge in [-0.25, -0.2) is 0 Å². The van der Waals surface area contributed by atoms with Crippen LogP contribution in [0.25, 0.3) is 0 Å². The zero-order valence-electron chi connectivity index (χ0n) is 15.2. The van der Waals surface area contributed by atoms with E-state index in [-0.39, 0.29) is 0 Å². The minimum atomic E-state index is -3.57. The molecule has 0 aromatic heterocycles. The molecule has 28 heavy (non-hydrogen) atoms.